The number of anilines is 1. The van der Waals surface area contributed by atoms with E-state index in [4.69, 9.17) is 9.47 Å². The van der Waals surface area contributed by atoms with Gasteiger partial charge in [0.15, 0.2) is 11.6 Å². The predicted octanol–water partition coefficient (Wildman–Crippen LogP) is 3.98. The standard InChI is InChI=1S/C24H30F2N4O2/c1-31-23-11-22(20-10-18(25)2-3-21(20)26)28-29-24(23)27-19-8-16-13-30(14-17(16)9-19)12-15-4-6-32-7-5-15/h2-3,10-11,15-17,19H,4-9,12-14H2,1H3,(H,27,29). The fourth-order valence-corrected chi connectivity index (χ4v) is 5.61. The van der Waals surface area contributed by atoms with Gasteiger partial charge in [-0.1, -0.05) is 0 Å². The van der Waals surface area contributed by atoms with Gasteiger partial charge >= 0.3 is 0 Å². The Morgan fingerprint density at radius 3 is 2.56 bits per heavy atom. The molecule has 2 saturated heterocycles. The summed E-state index contributed by atoms with van der Waals surface area (Å²) >= 11 is 0. The quantitative estimate of drug-likeness (QED) is 0.727. The van der Waals surface area contributed by atoms with Crippen molar-refractivity contribution in [3.8, 4) is 17.0 Å². The summed E-state index contributed by atoms with van der Waals surface area (Å²) in [5, 5.41) is 11.9. The number of fused-ring (bicyclic) bond motifs is 1. The Labute approximate surface area is 187 Å². The third-order valence-electron chi connectivity index (χ3n) is 7.21. The molecule has 1 N–H and O–H groups in total. The van der Waals surface area contributed by atoms with Gasteiger partial charge in [0, 0.05) is 50.5 Å². The van der Waals surface area contributed by atoms with Crippen molar-refractivity contribution < 1.29 is 18.3 Å². The second-order valence-corrected chi connectivity index (χ2v) is 9.38. The van der Waals surface area contributed by atoms with E-state index in [9.17, 15) is 8.78 Å². The molecular formula is C24H30F2N4O2. The first-order valence-corrected chi connectivity index (χ1v) is 11.5. The molecule has 3 aliphatic rings. The highest BCUT2D eigenvalue weighted by molar-refractivity contribution is 5.64. The minimum Gasteiger partial charge on any atom is -0.493 e. The van der Waals surface area contributed by atoms with E-state index in [1.165, 1.54) is 32.5 Å². The molecule has 172 valence electrons. The van der Waals surface area contributed by atoms with Crippen molar-refractivity contribution in [2.24, 2.45) is 17.8 Å². The van der Waals surface area contributed by atoms with Gasteiger partial charge in [-0.15, -0.1) is 10.2 Å². The van der Waals surface area contributed by atoms with Crippen LogP contribution in [-0.4, -0.2) is 61.1 Å². The number of nitrogens with one attached hydrogen (secondary N) is 1. The summed E-state index contributed by atoms with van der Waals surface area (Å²) < 4.78 is 38.7. The lowest BCUT2D eigenvalue weighted by Gasteiger charge is -2.27. The van der Waals surface area contributed by atoms with Crippen molar-refractivity contribution in [3.63, 3.8) is 0 Å². The Kier molecular flexibility index (Phi) is 6.24. The number of aromatic nitrogens is 2. The molecule has 32 heavy (non-hydrogen) atoms. The Morgan fingerprint density at radius 2 is 1.84 bits per heavy atom. The first-order valence-electron chi connectivity index (χ1n) is 11.5. The highest BCUT2D eigenvalue weighted by Gasteiger charge is 2.41. The SMILES string of the molecule is COc1cc(-c2cc(F)ccc2F)nnc1NC1CC2CN(CC3CCOCC3)CC2C1. The molecule has 2 atom stereocenters. The van der Waals surface area contributed by atoms with Gasteiger partial charge < -0.3 is 19.7 Å². The molecule has 6 nitrogen and oxygen atoms in total. The number of hydrogen-bond donors (Lipinski definition) is 1. The smallest absolute Gasteiger partial charge is 0.191 e. The maximum atomic E-state index is 14.1. The predicted molar refractivity (Wildman–Crippen MR) is 118 cm³/mol. The zero-order chi connectivity index (χ0) is 22.1. The summed E-state index contributed by atoms with van der Waals surface area (Å²) in [6, 6.07) is 5.22. The van der Waals surface area contributed by atoms with Crippen molar-refractivity contribution in [1.82, 2.24) is 15.1 Å². The first kappa shape index (κ1) is 21.5. The second kappa shape index (κ2) is 9.27. The van der Waals surface area contributed by atoms with Crippen LogP contribution in [0.2, 0.25) is 0 Å². The lowest BCUT2D eigenvalue weighted by Crippen LogP contribution is -2.32. The van der Waals surface area contributed by atoms with Gasteiger partial charge in [0.1, 0.15) is 11.6 Å². The van der Waals surface area contributed by atoms with Crippen LogP contribution in [0.4, 0.5) is 14.6 Å². The first-order chi connectivity index (χ1) is 15.6. The molecule has 0 radical (unpaired) electrons. The number of hydrogen-bond acceptors (Lipinski definition) is 6. The molecule has 2 aliphatic heterocycles. The summed E-state index contributed by atoms with van der Waals surface area (Å²) in [7, 11) is 1.55. The molecule has 1 aliphatic carbocycles. The summed E-state index contributed by atoms with van der Waals surface area (Å²) in [5.74, 6) is 2.15. The average molecular weight is 445 g/mol. The lowest BCUT2D eigenvalue weighted by atomic mass is 10.00. The molecule has 3 fully saturated rings. The highest BCUT2D eigenvalue weighted by atomic mass is 19.1. The summed E-state index contributed by atoms with van der Waals surface area (Å²) in [6.45, 7) is 5.35. The van der Waals surface area contributed by atoms with Crippen molar-refractivity contribution in [3.05, 3.63) is 35.9 Å². The number of nitrogens with zero attached hydrogens (tertiary/aromatic N) is 3. The maximum Gasteiger partial charge on any atom is 0.191 e. The molecule has 2 aromatic rings. The van der Waals surface area contributed by atoms with Gasteiger partial charge in [-0.25, -0.2) is 8.78 Å². The van der Waals surface area contributed by atoms with Crippen LogP contribution >= 0.6 is 0 Å². The fraction of sp³-hybridized carbons (Fsp3) is 0.583. The van der Waals surface area contributed by atoms with Crippen LogP contribution < -0.4 is 10.1 Å². The van der Waals surface area contributed by atoms with E-state index in [1.54, 1.807) is 13.2 Å². The van der Waals surface area contributed by atoms with Crippen molar-refractivity contribution in [2.75, 3.05) is 45.3 Å². The summed E-state index contributed by atoms with van der Waals surface area (Å²) in [5.41, 5.74) is 0.318. The van der Waals surface area contributed by atoms with E-state index in [0.29, 0.717) is 29.4 Å². The fourth-order valence-electron chi connectivity index (χ4n) is 5.61. The number of ether oxygens (including phenoxy) is 2. The largest absolute Gasteiger partial charge is 0.493 e. The number of benzene rings is 1. The molecule has 0 amide bonds. The number of halogens is 2. The van der Waals surface area contributed by atoms with E-state index in [2.05, 4.69) is 20.4 Å². The van der Waals surface area contributed by atoms with E-state index >= 15 is 0 Å². The van der Waals surface area contributed by atoms with Crippen LogP contribution in [0.25, 0.3) is 11.3 Å². The van der Waals surface area contributed by atoms with Gasteiger partial charge in [0.05, 0.1) is 12.8 Å². The van der Waals surface area contributed by atoms with Crippen LogP contribution in [0.3, 0.4) is 0 Å². The van der Waals surface area contributed by atoms with Gasteiger partial charge in [-0.05, 0) is 61.6 Å². The molecule has 5 rings (SSSR count). The van der Waals surface area contributed by atoms with Crippen molar-refractivity contribution in [1.29, 1.82) is 0 Å². The molecule has 0 bridgehead atoms. The summed E-state index contributed by atoms with van der Waals surface area (Å²) in [4.78, 5) is 2.64. The highest BCUT2D eigenvalue weighted by Crippen LogP contribution is 2.40. The Hall–Kier alpha value is -2.32. The zero-order valence-corrected chi connectivity index (χ0v) is 18.4. The van der Waals surface area contributed by atoms with E-state index < -0.39 is 11.6 Å². The molecule has 1 saturated carbocycles. The number of methoxy groups -OCH3 is 1. The van der Waals surface area contributed by atoms with Crippen LogP contribution in [0.15, 0.2) is 24.3 Å². The van der Waals surface area contributed by atoms with Crippen LogP contribution in [-0.2, 0) is 4.74 Å². The third kappa shape index (κ3) is 4.57. The maximum absolute atomic E-state index is 14.1. The molecule has 2 unspecified atom stereocenters. The zero-order valence-electron chi connectivity index (χ0n) is 18.4. The number of likely N-dealkylation sites (tertiary alicyclic amines) is 1. The van der Waals surface area contributed by atoms with Crippen molar-refractivity contribution >= 4 is 5.82 Å². The monoisotopic (exact) mass is 444 g/mol. The normalized spacial score (nSPS) is 26.3. The van der Waals surface area contributed by atoms with Gasteiger partial charge in [-0.2, -0.15) is 0 Å². The molecule has 1 aromatic carbocycles. The van der Waals surface area contributed by atoms with Gasteiger partial charge in [0.2, 0.25) is 0 Å². The molecular weight excluding hydrogens is 414 g/mol. The van der Waals surface area contributed by atoms with Gasteiger partial charge in [0.25, 0.3) is 0 Å². The third-order valence-corrected chi connectivity index (χ3v) is 7.21. The van der Waals surface area contributed by atoms with E-state index in [0.717, 1.165) is 50.2 Å². The van der Waals surface area contributed by atoms with Crippen LogP contribution in [0, 0.1) is 29.4 Å². The minimum atomic E-state index is -0.544. The van der Waals surface area contributed by atoms with Crippen LogP contribution in [0.1, 0.15) is 25.7 Å². The second-order valence-electron chi connectivity index (χ2n) is 9.38. The number of rotatable bonds is 6. The summed E-state index contributed by atoms with van der Waals surface area (Å²) in [6.07, 6.45) is 4.56. The molecule has 3 heterocycles. The Morgan fingerprint density at radius 1 is 1.09 bits per heavy atom. The molecule has 0 spiro atoms. The Balaban J connectivity index is 1.21. The van der Waals surface area contributed by atoms with E-state index in [1.807, 2.05) is 0 Å². The van der Waals surface area contributed by atoms with Crippen LogP contribution in [0.5, 0.6) is 5.75 Å². The Bertz CT molecular complexity index is 940. The van der Waals surface area contributed by atoms with Crippen molar-refractivity contribution in [2.45, 2.75) is 31.7 Å². The molecule has 1 aromatic heterocycles. The molecule has 8 heteroatoms. The topological polar surface area (TPSA) is 59.5 Å². The van der Waals surface area contributed by atoms with E-state index in [-0.39, 0.29) is 11.3 Å². The lowest BCUT2D eigenvalue weighted by molar-refractivity contribution is 0.0545. The van der Waals surface area contributed by atoms with Gasteiger partial charge in [-0.3, -0.25) is 0 Å². The minimum absolute atomic E-state index is 0.0716. The average Bonchev–Trinajstić information content (AvgIpc) is 3.34.